The molecule has 0 aromatic heterocycles. The Labute approximate surface area is 70.4 Å². The first-order valence-electron chi connectivity index (χ1n) is 5.38. The maximum atomic E-state index is 2.47. The monoisotopic (exact) mass is 152 g/mol. The number of hydrogen-bond acceptors (Lipinski definition) is 0. The van der Waals surface area contributed by atoms with Crippen molar-refractivity contribution in [1.29, 1.82) is 0 Å². The van der Waals surface area contributed by atoms with E-state index in [1.807, 2.05) is 0 Å². The molecule has 0 amide bonds. The van der Waals surface area contributed by atoms with Crippen LogP contribution in [0.25, 0.3) is 0 Å². The maximum Gasteiger partial charge on any atom is -0.0360 e. The van der Waals surface area contributed by atoms with E-state index in [0.717, 1.165) is 17.8 Å². The van der Waals surface area contributed by atoms with Crippen LogP contribution in [0.15, 0.2) is 0 Å². The Kier molecular flexibility index (Phi) is 2.20. The molecule has 64 valence electrons. The van der Waals surface area contributed by atoms with Crippen molar-refractivity contribution in [2.75, 3.05) is 0 Å². The molecule has 2 aliphatic rings. The lowest BCUT2D eigenvalue weighted by atomic mass is 9.84. The Balaban J connectivity index is 1.92. The van der Waals surface area contributed by atoms with Crippen molar-refractivity contribution in [1.82, 2.24) is 0 Å². The molecular weight excluding hydrogens is 132 g/mol. The van der Waals surface area contributed by atoms with Gasteiger partial charge in [0.1, 0.15) is 0 Å². The summed E-state index contributed by atoms with van der Waals surface area (Å²) in [6.07, 6.45) is 10.7. The van der Waals surface area contributed by atoms with Gasteiger partial charge in [0.15, 0.2) is 0 Å². The smallest absolute Gasteiger partial charge is 0.0360 e. The summed E-state index contributed by atoms with van der Waals surface area (Å²) in [4.78, 5) is 0. The molecule has 0 bridgehead atoms. The molecule has 0 aromatic carbocycles. The summed E-state index contributed by atoms with van der Waals surface area (Å²) in [6, 6.07) is 0. The predicted molar refractivity (Wildman–Crippen MR) is 48.5 cm³/mol. The molecule has 0 aromatic rings. The predicted octanol–water partition coefficient (Wildman–Crippen LogP) is 3.61. The van der Waals surface area contributed by atoms with Crippen molar-refractivity contribution >= 4 is 0 Å². The normalized spacial score (nSPS) is 40.1. The fourth-order valence-electron chi connectivity index (χ4n) is 3.26. The zero-order chi connectivity index (χ0) is 7.68. The molecule has 0 saturated heterocycles. The van der Waals surface area contributed by atoms with Gasteiger partial charge in [-0.15, -0.1) is 0 Å². The average Bonchev–Trinajstić information content (AvgIpc) is 2.55. The van der Waals surface area contributed by atoms with Crippen LogP contribution in [-0.2, 0) is 0 Å². The van der Waals surface area contributed by atoms with Crippen molar-refractivity contribution in [3.05, 3.63) is 0 Å². The highest BCUT2D eigenvalue weighted by Gasteiger charge is 2.31. The lowest BCUT2D eigenvalue weighted by Crippen LogP contribution is -2.13. The summed E-state index contributed by atoms with van der Waals surface area (Å²) < 4.78 is 0. The van der Waals surface area contributed by atoms with Crippen molar-refractivity contribution in [3.63, 3.8) is 0 Å². The summed E-state index contributed by atoms with van der Waals surface area (Å²) in [6.45, 7) is 2.47. The van der Waals surface area contributed by atoms with E-state index in [1.165, 1.54) is 25.7 Å². The highest BCUT2D eigenvalue weighted by molar-refractivity contribution is 4.82. The first-order chi connectivity index (χ1) is 5.38. The molecule has 2 saturated carbocycles. The molecule has 2 rings (SSSR count). The fourth-order valence-corrected chi connectivity index (χ4v) is 3.26. The second kappa shape index (κ2) is 3.16. The minimum absolute atomic E-state index is 1.05. The van der Waals surface area contributed by atoms with Gasteiger partial charge >= 0.3 is 0 Å². The average molecular weight is 152 g/mol. The molecule has 0 nitrogen and oxygen atoms in total. The number of hydrogen-bond donors (Lipinski definition) is 0. The zero-order valence-corrected chi connectivity index (χ0v) is 7.68. The lowest BCUT2D eigenvalue weighted by Gasteiger charge is -2.22. The summed E-state index contributed by atoms with van der Waals surface area (Å²) in [5.41, 5.74) is 0. The topological polar surface area (TPSA) is 0 Å². The highest BCUT2D eigenvalue weighted by atomic mass is 14.4. The minimum Gasteiger partial charge on any atom is -0.0622 e. The Morgan fingerprint density at radius 1 is 0.818 bits per heavy atom. The van der Waals surface area contributed by atoms with E-state index in [1.54, 1.807) is 19.3 Å². The van der Waals surface area contributed by atoms with E-state index >= 15 is 0 Å². The first-order valence-corrected chi connectivity index (χ1v) is 5.38. The molecule has 0 N–H and O–H groups in total. The Morgan fingerprint density at radius 2 is 1.55 bits per heavy atom. The largest absolute Gasteiger partial charge is 0.0622 e. The van der Waals surface area contributed by atoms with Crippen molar-refractivity contribution in [2.24, 2.45) is 17.8 Å². The molecular formula is C11H20. The van der Waals surface area contributed by atoms with Crippen LogP contribution in [0, 0.1) is 17.8 Å². The van der Waals surface area contributed by atoms with Gasteiger partial charge in [0.2, 0.25) is 0 Å². The van der Waals surface area contributed by atoms with Gasteiger partial charge < -0.3 is 0 Å². The minimum atomic E-state index is 1.05. The van der Waals surface area contributed by atoms with Crippen molar-refractivity contribution in [3.8, 4) is 0 Å². The van der Waals surface area contributed by atoms with Gasteiger partial charge in [-0.05, 0) is 24.2 Å². The van der Waals surface area contributed by atoms with E-state index in [4.69, 9.17) is 0 Å². The van der Waals surface area contributed by atoms with Gasteiger partial charge in [0, 0.05) is 0 Å². The van der Waals surface area contributed by atoms with Gasteiger partial charge in [0.25, 0.3) is 0 Å². The summed E-state index contributed by atoms with van der Waals surface area (Å²) in [5, 5.41) is 0. The van der Waals surface area contributed by atoms with E-state index < -0.39 is 0 Å². The summed E-state index contributed by atoms with van der Waals surface area (Å²) in [7, 11) is 0. The van der Waals surface area contributed by atoms with Crippen LogP contribution in [0.4, 0.5) is 0 Å². The van der Waals surface area contributed by atoms with Crippen LogP contribution in [-0.4, -0.2) is 0 Å². The van der Waals surface area contributed by atoms with Gasteiger partial charge in [-0.25, -0.2) is 0 Å². The van der Waals surface area contributed by atoms with Gasteiger partial charge in [-0.1, -0.05) is 45.4 Å². The summed E-state index contributed by atoms with van der Waals surface area (Å²) in [5.74, 6) is 3.31. The van der Waals surface area contributed by atoms with Crippen LogP contribution < -0.4 is 0 Å². The molecule has 0 spiro atoms. The molecule has 0 heteroatoms. The Hall–Kier alpha value is 0. The van der Waals surface area contributed by atoms with Gasteiger partial charge in [0.05, 0.1) is 0 Å². The zero-order valence-electron chi connectivity index (χ0n) is 7.68. The van der Waals surface area contributed by atoms with E-state index in [9.17, 15) is 0 Å². The highest BCUT2D eigenvalue weighted by Crippen LogP contribution is 2.43. The molecule has 2 aliphatic carbocycles. The van der Waals surface area contributed by atoms with Crippen LogP contribution in [0.5, 0.6) is 0 Å². The standard InChI is InChI=1S/C11H20/c1-9-5-4-8-11(9)10-6-2-3-7-10/h9-11H,2-8H2,1H3/t9-,11?/m0/s1. The molecule has 0 radical (unpaired) electrons. The third-order valence-electron chi connectivity index (χ3n) is 3.93. The van der Waals surface area contributed by atoms with Crippen molar-refractivity contribution in [2.45, 2.75) is 51.9 Å². The quantitative estimate of drug-likeness (QED) is 0.538. The fraction of sp³-hybridized carbons (Fsp3) is 1.00. The van der Waals surface area contributed by atoms with Crippen LogP contribution in [0.3, 0.4) is 0 Å². The molecule has 0 heterocycles. The molecule has 11 heavy (non-hydrogen) atoms. The molecule has 0 aliphatic heterocycles. The lowest BCUT2D eigenvalue weighted by molar-refractivity contribution is 0.280. The van der Waals surface area contributed by atoms with Gasteiger partial charge in [-0.3, -0.25) is 0 Å². The molecule has 1 unspecified atom stereocenters. The van der Waals surface area contributed by atoms with Gasteiger partial charge in [-0.2, -0.15) is 0 Å². The van der Waals surface area contributed by atoms with Crippen LogP contribution in [0.1, 0.15) is 51.9 Å². The third-order valence-corrected chi connectivity index (χ3v) is 3.93. The second-order valence-electron chi connectivity index (χ2n) is 4.62. The second-order valence-corrected chi connectivity index (χ2v) is 4.62. The van der Waals surface area contributed by atoms with E-state index in [2.05, 4.69) is 6.92 Å². The summed E-state index contributed by atoms with van der Waals surface area (Å²) >= 11 is 0. The maximum absolute atomic E-state index is 2.47. The Bertz CT molecular complexity index is 122. The number of rotatable bonds is 1. The Morgan fingerprint density at radius 3 is 2.09 bits per heavy atom. The first kappa shape index (κ1) is 7.64. The van der Waals surface area contributed by atoms with E-state index in [-0.39, 0.29) is 0 Å². The third kappa shape index (κ3) is 1.45. The van der Waals surface area contributed by atoms with E-state index in [0.29, 0.717) is 0 Å². The molecule has 2 fully saturated rings. The molecule has 2 atom stereocenters. The van der Waals surface area contributed by atoms with Crippen molar-refractivity contribution < 1.29 is 0 Å². The van der Waals surface area contributed by atoms with Crippen LogP contribution in [0.2, 0.25) is 0 Å². The van der Waals surface area contributed by atoms with Crippen LogP contribution >= 0.6 is 0 Å². The SMILES string of the molecule is C[C@H]1CCCC1C1CCCC1.